The number of β-lactam (4-membered cyclic amide) rings is 1. The van der Waals surface area contributed by atoms with E-state index in [2.05, 4.69) is 10.3 Å². The van der Waals surface area contributed by atoms with Gasteiger partial charge in [0.2, 0.25) is 5.91 Å². The molecule has 1 aromatic heterocycles. The molecule has 24 heavy (non-hydrogen) atoms. The van der Waals surface area contributed by atoms with Crippen molar-refractivity contribution in [1.82, 2.24) is 20.2 Å². The molecule has 3 rings (SSSR count). The Morgan fingerprint density at radius 3 is 2.58 bits per heavy atom. The van der Waals surface area contributed by atoms with Gasteiger partial charge in [-0.3, -0.25) is 19.4 Å². The first-order valence-electron chi connectivity index (χ1n) is 6.99. The van der Waals surface area contributed by atoms with Crippen LogP contribution < -0.4 is 16.6 Å². The molecule has 3 atom stereocenters. The highest BCUT2D eigenvalue weighted by molar-refractivity contribution is 8.01. The Balaban J connectivity index is 1.80. The molecule has 0 radical (unpaired) electrons. The number of nitrogens with zero attached hydrogens (tertiary/aromatic N) is 1. The van der Waals surface area contributed by atoms with Gasteiger partial charge in [-0.15, -0.1) is 11.8 Å². The largest absolute Gasteiger partial charge is 0.480 e. The first-order chi connectivity index (χ1) is 11.1. The van der Waals surface area contributed by atoms with Crippen molar-refractivity contribution in [2.24, 2.45) is 0 Å². The van der Waals surface area contributed by atoms with Crippen molar-refractivity contribution in [1.29, 1.82) is 0 Å². The van der Waals surface area contributed by atoms with Crippen molar-refractivity contribution < 1.29 is 19.5 Å². The molecule has 0 aliphatic carbocycles. The van der Waals surface area contributed by atoms with Crippen molar-refractivity contribution in [3.05, 3.63) is 32.6 Å². The molecular weight excluding hydrogens is 340 g/mol. The number of H-pyrrole nitrogens is 2. The molecule has 2 aliphatic heterocycles. The van der Waals surface area contributed by atoms with Crippen LogP contribution in [-0.2, 0) is 9.59 Å². The zero-order valence-corrected chi connectivity index (χ0v) is 13.5. The van der Waals surface area contributed by atoms with Crippen molar-refractivity contribution in [2.45, 2.75) is 36.1 Å². The minimum absolute atomic E-state index is 0.335. The topological polar surface area (TPSA) is 152 Å². The Morgan fingerprint density at radius 2 is 2.00 bits per heavy atom. The third kappa shape index (κ3) is 2.31. The van der Waals surface area contributed by atoms with Gasteiger partial charge in [-0.1, -0.05) is 0 Å². The van der Waals surface area contributed by atoms with Crippen molar-refractivity contribution in [3.63, 3.8) is 0 Å². The molecule has 2 amide bonds. The minimum atomic E-state index is -1.11. The van der Waals surface area contributed by atoms with Gasteiger partial charge in [-0.05, 0) is 13.8 Å². The molecule has 4 N–H and O–H groups in total. The maximum Gasteiger partial charge on any atom is 0.327 e. The lowest BCUT2D eigenvalue weighted by Gasteiger charge is -2.43. The summed E-state index contributed by atoms with van der Waals surface area (Å²) in [6, 6.07) is -1.90. The van der Waals surface area contributed by atoms with Crippen LogP contribution in [-0.4, -0.2) is 60.0 Å². The van der Waals surface area contributed by atoms with Gasteiger partial charge in [0.15, 0.2) is 0 Å². The molecule has 2 fully saturated rings. The van der Waals surface area contributed by atoms with Crippen molar-refractivity contribution in [3.8, 4) is 0 Å². The smallest absolute Gasteiger partial charge is 0.327 e. The number of rotatable bonds is 3. The van der Waals surface area contributed by atoms with Crippen LogP contribution in [0.4, 0.5) is 0 Å². The van der Waals surface area contributed by atoms with Crippen LogP contribution in [0.25, 0.3) is 0 Å². The Morgan fingerprint density at radius 1 is 1.33 bits per heavy atom. The molecule has 10 nitrogen and oxygen atoms in total. The summed E-state index contributed by atoms with van der Waals surface area (Å²) in [4.78, 5) is 63.7. The Bertz CT molecular complexity index is 859. The number of carboxylic acids is 1. The second kappa shape index (κ2) is 5.23. The van der Waals surface area contributed by atoms with Crippen molar-refractivity contribution >= 4 is 29.5 Å². The Labute approximate surface area is 138 Å². The molecule has 0 bridgehead atoms. The summed E-state index contributed by atoms with van der Waals surface area (Å²) >= 11 is 1.28. The van der Waals surface area contributed by atoms with E-state index in [1.54, 1.807) is 13.8 Å². The summed E-state index contributed by atoms with van der Waals surface area (Å²) < 4.78 is -0.707. The van der Waals surface area contributed by atoms with E-state index in [1.165, 1.54) is 16.7 Å². The van der Waals surface area contributed by atoms with Crippen molar-refractivity contribution in [2.75, 3.05) is 0 Å². The first kappa shape index (κ1) is 16.3. The predicted octanol–water partition coefficient (Wildman–Crippen LogP) is -1.69. The normalized spacial score (nSPS) is 27.3. The van der Waals surface area contributed by atoms with Gasteiger partial charge in [0.05, 0.1) is 0 Å². The molecular formula is C13H14N4O6S. The fraction of sp³-hybridized carbons (Fsp3) is 0.462. The molecule has 0 saturated carbocycles. The van der Waals surface area contributed by atoms with Crippen LogP contribution in [0.5, 0.6) is 0 Å². The number of carbonyl (C=O) groups excluding carboxylic acids is 2. The minimum Gasteiger partial charge on any atom is -0.480 e. The maximum atomic E-state index is 12.2. The lowest BCUT2D eigenvalue weighted by atomic mass is 9.96. The Hall–Kier alpha value is -2.56. The van der Waals surface area contributed by atoms with Crippen LogP contribution in [0.15, 0.2) is 15.8 Å². The predicted molar refractivity (Wildman–Crippen MR) is 82.7 cm³/mol. The number of aromatic amines is 2. The van der Waals surface area contributed by atoms with Crippen LogP contribution >= 0.6 is 11.8 Å². The lowest BCUT2D eigenvalue weighted by Crippen LogP contribution is -2.70. The molecule has 0 aromatic carbocycles. The van der Waals surface area contributed by atoms with E-state index in [9.17, 15) is 29.1 Å². The molecule has 0 spiro atoms. The standard InChI is InChI=1S/C13H14N4O6S/c1-13(2)6(11(21)22)17-9(20)5(10(17)24-13)15-7(18)4-3-14-12(23)16-8(4)19/h3,5-6,10H,1-2H3,(H,15,18)(H,21,22)(H2,14,16,19,23)/t5-,6+,10-/m1/s1. The van der Waals surface area contributed by atoms with Gasteiger partial charge in [0.1, 0.15) is 23.0 Å². The Kier molecular flexibility index (Phi) is 3.55. The lowest BCUT2D eigenvalue weighted by molar-refractivity contribution is -0.159. The summed E-state index contributed by atoms with van der Waals surface area (Å²) in [5.74, 6) is -2.44. The van der Waals surface area contributed by atoms with E-state index in [4.69, 9.17) is 0 Å². The van der Waals surface area contributed by atoms with Gasteiger partial charge in [0, 0.05) is 10.9 Å². The number of hydrogen-bond donors (Lipinski definition) is 4. The molecule has 1 aromatic rings. The number of aliphatic carboxylic acids is 1. The molecule has 3 heterocycles. The quantitative estimate of drug-likeness (QED) is 0.472. The zero-order chi connectivity index (χ0) is 17.8. The molecule has 2 aliphatic rings. The fourth-order valence-electron chi connectivity index (χ4n) is 2.94. The van der Waals surface area contributed by atoms with Gasteiger partial charge in [-0.25, -0.2) is 9.59 Å². The summed E-state index contributed by atoms with van der Waals surface area (Å²) in [7, 11) is 0. The highest BCUT2D eigenvalue weighted by Crippen LogP contribution is 2.50. The van der Waals surface area contributed by atoms with E-state index in [1.807, 2.05) is 4.98 Å². The van der Waals surface area contributed by atoms with Crippen LogP contribution in [0.2, 0.25) is 0 Å². The maximum absolute atomic E-state index is 12.2. The van der Waals surface area contributed by atoms with E-state index in [0.29, 0.717) is 0 Å². The van der Waals surface area contributed by atoms with E-state index in [0.717, 1.165) is 6.20 Å². The first-order valence-corrected chi connectivity index (χ1v) is 7.87. The number of nitrogens with one attached hydrogen (secondary N) is 3. The van der Waals surface area contributed by atoms with Gasteiger partial charge < -0.3 is 20.3 Å². The van der Waals surface area contributed by atoms with E-state index >= 15 is 0 Å². The van der Waals surface area contributed by atoms with Crippen LogP contribution in [0, 0.1) is 0 Å². The van der Waals surface area contributed by atoms with E-state index in [-0.39, 0.29) is 5.56 Å². The average Bonchev–Trinajstić information content (AvgIpc) is 2.73. The summed E-state index contributed by atoms with van der Waals surface area (Å²) in [5, 5.41) is 11.2. The van der Waals surface area contributed by atoms with Crippen LogP contribution in [0.3, 0.4) is 0 Å². The SMILES string of the molecule is CC1(C)S[C@@H]2[C@H](NC(=O)c3c[nH]c(=O)[nH]c3=O)C(=O)N2[C@H]1C(=O)O. The fourth-order valence-corrected chi connectivity index (χ4v) is 4.57. The van der Waals surface area contributed by atoms with Gasteiger partial charge >= 0.3 is 11.7 Å². The molecule has 2 saturated heterocycles. The number of fused-ring (bicyclic) bond motifs is 1. The summed E-state index contributed by atoms with van der Waals surface area (Å²) in [5.41, 5.74) is -1.96. The average molecular weight is 354 g/mol. The molecule has 0 unspecified atom stereocenters. The molecule has 128 valence electrons. The number of amides is 2. The number of thioether (sulfide) groups is 1. The number of hydrogen-bond acceptors (Lipinski definition) is 6. The summed E-state index contributed by atoms with van der Waals surface area (Å²) in [6.07, 6.45) is 0.962. The van der Waals surface area contributed by atoms with Gasteiger partial charge in [-0.2, -0.15) is 0 Å². The number of carboxylic acid groups (broad SMARTS) is 1. The zero-order valence-electron chi connectivity index (χ0n) is 12.7. The second-order valence-corrected chi connectivity index (χ2v) is 7.81. The summed E-state index contributed by atoms with van der Waals surface area (Å²) in [6.45, 7) is 3.43. The second-order valence-electron chi connectivity index (χ2n) is 6.03. The third-order valence-electron chi connectivity index (χ3n) is 4.03. The van der Waals surface area contributed by atoms with E-state index < -0.39 is 51.2 Å². The highest BCUT2D eigenvalue weighted by Gasteiger charge is 2.64. The van der Waals surface area contributed by atoms with Crippen LogP contribution in [0.1, 0.15) is 24.2 Å². The van der Waals surface area contributed by atoms with Gasteiger partial charge in [0.25, 0.3) is 11.5 Å². The molecule has 11 heteroatoms. The highest BCUT2D eigenvalue weighted by atomic mass is 32.2. The third-order valence-corrected chi connectivity index (χ3v) is 5.60. The monoisotopic (exact) mass is 354 g/mol. The number of carbonyl (C=O) groups is 3. The number of aromatic nitrogens is 2.